The number of halogens is 1. The number of hydrogen-bond donors (Lipinski definition) is 1. The van der Waals surface area contributed by atoms with Gasteiger partial charge in [-0.1, -0.05) is 23.3 Å². The Morgan fingerprint density at radius 3 is 2.53 bits per heavy atom. The molecule has 0 unspecified atom stereocenters. The van der Waals surface area contributed by atoms with Gasteiger partial charge in [-0.3, -0.25) is 4.68 Å². The van der Waals surface area contributed by atoms with Crippen LogP contribution in [0.3, 0.4) is 0 Å². The Morgan fingerprint density at radius 1 is 1.42 bits per heavy atom. The Balaban J connectivity index is 2.52. The van der Waals surface area contributed by atoms with E-state index in [1.807, 2.05) is 14.0 Å². The van der Waals surface area contributed by atoms with Crippen LogP contribution >= 0.6 is 11.6 Å². The van der Waals surface area contributed by atoms with E-state index in [0.29, 0.717) is 0 Å². The van der Waals surface area contributed by atoms with Crippen LogP contribution in [0.2, 0.25) is 5.15 Å². The van der Waals surface area contributed by atoms with Crippen molar-refractivity contribution in [3.05, 3.63) is 28.1 Å². The van der Waals surface area contributed by atoms with Gasteiger partial charge in [-0.15, -0.1) is 0 Å². The summed E-state index contributed by atoms with van der Waals surface area (Å²) in [6.07, 6.45) is 4.20. The highest BCUT2D eigenvalue weighted by molar-refractivity contribution is 6.30. The van der Waals surface area contributed by atoms with Crippen molar-refractivity contribution in [1.29, 1.82) is 0 Å². The van der Waals surface area contributed by atoms with Crippen LogP contribution < -0.4 is 5.32 Å². The minimum Gasteiger partial charge on any atom is -0.312 e. The summed E-state index contributed by atoms with van der Waals surface area (Å²) < 4.78 is 1.74. The van der Waals surface area contributed by atoms with Gasteiger partial charge >= 0.3 is 0 Å². The van der Waals surface area contributed by atoms with Crippen molar-refractivity contribution in [3.63, 3.8) is 0 Å². The van der Waals surface area contributed by atoms with E-state index in [2.05, 4.69) is 44.2 Å². The van der Waals surface area contributed by atoms with Gasteiger partial charge in [0.15, 0.2) is 0 Å². The fourth-order valence-corrected chi connectivity index (χ4v) is 2.23. The molecular formula is C15H26ClN3. The minimum atomic E-state index is 0.186. The van der Waals surface area contributed by atoms with E-state index in [9.17, 15) is 0 Å². The summed E-state index contributed by atoms with van der Waals surface area (Å²) >= 11 is 6.24. The fraction of sp³-hybridized carbons (Fsp3) is 0.667. The maximum absolute atomic E-state index is 6.24. The van der Waals surface area contributed by atoms with Crippen molar-refractivity contribution in [2.24, 2.45) is 7.05 Å². The topological polar surface area (TPSA) is 29.9 Å². The molecule has 0 saturated carbocycles. The van der Waals surface area contributed by atoms with Crippen molar-refractivity contribution in [1.82, 2.24) is 15.1 Å². The summed E-state index contributed by atoms with van der Waals surface area (Å²) in [4.78, 5) is 0. The average Bonchev–Trinajstić information content (AvgIpc) is 2.50. The van der Waals surface area contributed by atoms with Crippen molar-refractivity contribution in [2.75, 3.05) is 6.54 Å². The third-order valence-corrected chi connectivity index (χ3v) is 3.49. The van der Waals surface area contributed by atoms with E-state index in [1.54, 1.807) is 4.68 Å². The molecule has 1 N–H and O–H groups in total. The molecule has 0 aliphatic rings. The second-order valence-electron chi connectivity index (χ2n) is 6.17. The van der Waals surface area contributed by atoms with Crippen molar-refractivity contribution < 1.29 is 0 Å². The Morgan fingerprint density at radius 2 is 2.05 bits per heavy atom. The first-order valence-electron chi connectivity index (χ1n) is 6.79. The molecule has 0 bridgehead atoms. The zero-order chi connectivity index (χ0) is 14.6. The highest BCUT2D eigenvalue weighted by atomic mass is 35.5. The van der Waals surface area contributed by atoms with Gasteiger partial charge in [0.1, 0.15) is 5.15 Å². The lowest BCUT2D eigenvalue weighted by atomic mass is 10.1. The SMILES string of the molecule is CC(=CCCNC(C)(C)C)Cc1c(C)nn(C)c1Cl. The van der Waals surface area contributed by atoms with Gasteiger partial charge in [-0.05, 0) is 54.0 Å². The molecule has 1 aromatic rings. The van der Waals surface area contributed by atoms with Crippen LogP contribution in [-0.2, 0) is 13.5 Å². The zero-order valence-corrected chi connectivity index (χ0v) is 13.7. The first kappa shape index (κ1) is 16.3. The standard InChI is InChI=1S/C15H26ClN3/c1-11(8-7-9-17-15(3,4)5)10-13-12(2)18-19(6)14(13)16/h8,17H,7,9-10H2,1-6H3. The molecular weight excluding hydrogens is 258 g/mol. The Bertz CT molecular complexity index is 453. The molecule has 4 heteroatoms. The van der Waals surface area contributed by atoms with Crippen LogP contribution in [0.15, 0.2) is 11.6 Å². The molecule has 1 rings (SSSR count). The predicted octanol–water partition coefficient (Wildman–Crippen LogP) is 3.65. The molecule has 0 saturated heterocycles. The van der Waals surface area contributed by atoms with Crippen molar-refractivity contribution in [2.45, 2.75) is 53.0 Å². The lowest BCUT2D eigenvalue weighted by molar-refractivity contribution is 0.431. The second-order valence-corrected chi connectivity index (χ2v) is 6.53. The Hall–Kier alpha value is -0.800. The summed E-state index contributed by atoms with van der Waals surface area (Å²) in [7, 11) is 1.88. The largest absolute Gasteiger partial charge is 0.312 e. The number of allylic oxidation sites excluding steroid dienone is 1. The first-order valence-corrected chi connectivity index (χ1v) is 7.17. The van der Waals surface area contributed by atoms with E-state index in [0.717, 1.165) is 35.8 Å². The molecule has 0 aromatic carbocycles. The Labute approximate surface area is 122 Å². The zero-order valence-electron chi connectivity index (χ0n) is 13.0. The highest BCUT2D eigenvalue weighted by Gasteiger charge is 2.11. The van der Waals surface area contributed by atoms with E-state index in [4.69, 9.17) is 11.6 Å². The quantitative estimate of drug-likeness (QED) is 0.660. The van der Waals surface area contributed by atoms with E-state index in [-0.39, 0.29) is 5.54 Å². The third kappa shape index (κ3) is 5.37. The molecule has 19 heavy (non-hydrogen) atoms. The Kier molecular flexibility index (Phi) is 5.63. The number of rotatable bonds is 5. The van der Waals surface area contributed by atoms with Crippen LogP contribution in [0.5, 0.6) is 0 Å². The van der Waals surface area contributed by atoms with Gasteiger partial charge < -0.3 is 5.32 Å². The molecule has 0 atom stereocenters. The van der Waals surface area contributed by atoms with Crippen LogP contribution in [0.25, 0.3) is 0 Å². The van der Waals surface area contributed by atoms with Gasteiger partial charge in [-0.2, -0.15) is 5.10 Å². The molecule has 0 radical (unpaired) electrons. The third-order valence-electron chi connectivity index (χ3n) is 3.02. The van der Waals surface area contributed by atoms with E-state index in [1.165, 1.54) is 5.57 Å². The summed E-state index contributed by atoms with van der Waals surface area (Å²) in [5, 5.41) is 8.57. The molecule has 1 heterocycles. The van der Waals surface area contributed by atoms with Crippen LogP contribution in [-0.4, -0.2) is 21.9 Å². The minimum absolute atomic E-state index is 0.186. The number of aryl methyl sites for hydroxylation is 2. The lowest BCUT2D eigenvalue weighted by Gasteiger charge is -2.19. The molecule has 0 spiro atoms. The van der Waals surface area contributed by atoms with Crippen molar-refractivity contribution in [3.8, 4) is 0 Å². The summed E-state index contributed by atoms with van der Waals surface area (Å²) in [6, 6.07) is 0. The van der Waals surface area contributed by atoms with E-state index >= 15 is 0 Å². The molecule has 1 aromatic heterocycles. The summed E-state index contributed by atoms with van der Waals surface area (Å²) in [5.41, 5.74) is 3.69. The molecule has 3 nitrogen and oxygen atoms in total. The normalized spacial score (nSPS) is 13.1. The molecule has 108 valence electrons. The van der Waals surface area contributed by atoms with Crippen molar-refractivity contribution >= 4 is 11.6 Å². The monoisotopic (exact) mass is 283 g/mol. The van der Waals surface area contributed by atoms with Crippen LogP contribution in [0, 0.1) is 6.92 Å². The number of aromatic nitrogens is 2. The van der Waals surface area contributed by atoms with Gasteiger partial charge in [0.2, 0.25) is 0 Å². The summed E-state index contributed by atoms with van der Waals surface area (Å²) in [6.45, 7) is 11.7. The average molecular weight is 284 g/mol. The summed E-state index contributed by atoms with van der Waals surface area (Å²) in [5.74, 6) is 0. The fourth-order valence-electron chi connectivity index (χ4n) is 1.99. The van der Waals surface area contributed by atoms with Gasteiger partial charge in [0, 0.05) is 18.2 Å². The molecule has 0 amide bonds. The van der Waals surface area contributed by atoms with E-state index < -0.39 is 0 Å². The van der Waals surface area contributed by atoms with Crippen LogP contribution in [0.1, 0.15) is 45.4 Å². The molecule has 0 aliphatic carbocycles. The number of hydrogen-bond acceptors (Lipinski definition) is 2. The maximum Gasteiger partial charge on any atom is 0.130 e. The second kappa shape index (κ2) is 6.58. The van der Waals surface area contributed by atoms with Gasteiger partial charge in [-0.25, -0.2) is 0 Å². The molecule has 0 fully saturated rings. The lowest BCUT2D eigenvalue weighted by Crippen LogP contribution is -2.36. The van der Waals surface area contributed by atoms with Gasteiger partial charge in [0.05, 0.1) is 5.69 Å². The first-order chi connectivity index (χ1) is 8.70. The molecule has 0 aliphatic heterocycles. The highest BCUT2D eigenvalue weighted by Crippen LogP contribution is 2.21. The van der Waals surface area contributed by atoms with Crippen LogP contribution in [0.4, 0.5) is 0 Å². The maximum atomic E-state index is 6.24. The predicted molar refractivity (Wildman–Crippen MR) is 82.8 cm³/mol. The number of nitrogens with zero attached hydrogens (tertiary/aromatic N) is 2. The smallest absolute Gasteiger partial charge is 0.130 e. The van der Waals surface area contributed by atoms with Gasteiger partial charge in [0.25, 0.3) is 0 Å². The number of nitrogens with one attached hydrogen (secondary N) is 1.